The van der Waals surface area contributed by atoms with Gasteiger partial charge in [0.2, 0.25) is 10.0 Å². The van der Waals surface area contributed by atoms with E-state index in [1.165, 1.54) is 15.2 Å². The second-order valence-electron chi connectivity index (χ2n) is 4.45. The van der Waals surface area contributed by atoms with Crippen molar-refractivity contribution < 1.29 is 13.5 Å². The second-order valence-corrected chi connectivity index (χ2v) is 6.35. The van der Waals surface area contributed by atoms with Crippen LogP contribution >= 0.6 is 0 Å². The fourth-order valence-corrected chi connectivity index (χ4v) is 3.58. The number of aromatic nitrogens is 2. The number of β-amino-alcohol motifs (C(OH)–C–C–N with tert-alkyl or cyclic N) is 1. The van der Waals surface area contributed by atoms with Crippen molar-refractivity contribution in [2.24, 2.45) is 0 Å². The van der Waals surface area contributed by atoms with Crippen LogP contribution in [0.4, 0.5) is 5.82 Å². The summed E-state index contributed by atoms with van der Waals surface area (Å²) in [6.45, 7) is 3.05. The summed E-state index contributed by atoms with van der Waals surface area (Å²) in [4.78, 5) is 0.0325. The van der Waals surface area contributed by atoms with Gasteiger partial charge in [-0.05, 0) is 12.8 Å². The molecule has 1 aliphatic heterocycles. The summed E-state index contributed by atoms with van der Waals surface area (Å²) in [5.74, 6) is 0.0184. The van der Waals surface area contributed by atoms with Crippen LogP contribution in [0.1, 0.15) is 19.8 Å². The molecule has 0 amide bonds. The SMILES string of the molecule is CCCn1cc(S(=O)(=O)N2CC[C@H](O)C2)c(N)n1. The van der Waals surface area contributed by atoms with Crippen molar-refractivity contribution >= 4 is 15.8 Å². The van der Waals surface area contributed by atoms with Crippen LogP contribution in [0, 0.1) is 0 Å². The molecule has 0 aliphatic carbocycles. The van der Waals surface area contributed by atoms with E-state index in [0.29, 0.717) is 19.5 Å². The molecule has 0 saturated carbocycles. The topological polar surface area (TPSA) is 101 Å². The van der Waals surface area contributed by atoms with E-state index < -0.39 is 16.1 Å². The Kier molecular flexibility index (Phi) is 3.60. The van der Waals surface area contributed by atoms with E-state index in [1.807, 2.05) is 6.92 Å². The minimum atomic E-state index is -3.63. The molecule has 7 nitrogen and oxygen atoms in total. The number of hydrogen-bond donors (Lipinski definition) is 2. The summed E-state index contributed by atoms with van der Waals surface area (Å²) in [7, 11) is -3.63. The van der Waals surface area contributed by atoms with Crippen molar-refractivity contribution in [1.29, 1.82) is 0 Å². The molecule has 0 bridgehead atoms. The molecule has 102 valence electrons. The Morgan fingerprint density at radius 2 is 2.33 bits per heavy atom. The third kappa shape index (κ3) is 2.36. The number of aliphatic hydroxyl groups is 1. The van der Waals surface area contributed by atoms with Crippen LogP contribution < -0.4 is 5.73 Å². The molecule has 1 fully saturated rings. The van der Waals surface area contributed by atoms with Crippen molar-refractivity contribution in [2.75, 3.05) is 18.8 Å². The molecule has 8 heteroatoms. The normalized spacial score (nSPS) is 21.6. The van der Waals surface area contributed by atoms with Gasteiger partial charge in [-0.3, -0.25) is 4.68 Å². The fourth-order valence-electron chi connectivity index (χ4n) is 2.03. The lowest BCUT2D eigenvalue weighted by atomic mass is 10.3. The zero-order chi connectivity index (χ0) is 13.3. The van der Waals surface area contributed by atoms with Gasteiger partial charge >= 0.3 is 0 Å². The Labute approximate surface area is 106 Å². The number of nitrogens with zero attached hydrogens (tertiary/aromatic N) is 3. The van der Waals surface area contributed by atoms with Gasteiger partial charge in [-0.1, -0.05) is 6.92 Å². The van der Waals surface area contributed by atoms with E-state index in [-0.39, 0.29) is 17.3 Å². The van der Waals surface area contributed by atoms with Crippen LogP contribution in [0.25, 0.3) is 0 Å². The standard InChI is InChI=1S/C10H18N4O3S/c1-2-4-13-7-9(10(11)12-13)18(16,17)14-5-3-8(15)6-14/h7-8,15H,2-6H2,1H3,(H2,11,12)/t8-/m0/s1. The average molecular weight is 274 g/mol. The Bertz CT molecular complexity index is 525. The number of nitrogens with two attached hydrogens (primary N) is 1. The maximum Gasteiger partial charge on any atom is 0.248 e. The molecule has 2 heterocycles. The lowest BCUT2D eigenvalue weighted by molar-refractivity contribution is 0.189. The predicted octanol–water partition coefficient (Wildman–Crippen LogP) is -0.369. The Hall–Kier alpha value is -1.12. The smallest absolute Gasteiger partial charge is 0.248 e. The van der Waals surface area contributed by atoms with Crippen molar-refractivity contribution in [1.82, 2.24) is 14.1 Å². The van der Waals surface area contributed by atoms with Crippen LogP contribution in [0.15, 0.2) is 11.1 Å². The first-order valence-electron chi connectivity index (χ1n) is 5.96. The zero-order valence-corrected chi connectivity index (χ0v) is 11.1. The van der Waals surface area contributed by atoms with E-state index in [9.17, 15) is 13.5 Å². The third-order valence-corrected chi connectivity index (χ3v) is 4.83. The number of hydrogen-bond acceptors (Lipinski definition) is 5. The first kappa shape index (κ1) is 13.3. The third-order valence-electron chi connectivity index (χ3n) is 2.95. The van der Waals surface area contributed by atoms with Crippen molar-refractivity contribution in [3.63, 3.8) is 0 Å². The van der Waals surface area contributed by atoms with E-state index in [0.717, 1.165) is 6.42 Å². The van der Waals surface area contributed by atoms with Crippen LogP contribution in [0.5, 0.6) is 0 Å². The van der Waals surface area contributed by atoms with E-state index in [1.54, 1.807) is 0 Å². The minimum absolute atomic E-state index is 0.0184. The average Bonchev–Trinajstić information content (AvgIpc) is 2.86. The van der Waals surface area contributed by atoms with Gasteiger partial charge < -0.3 is 10.8 Å². The quantitative estimate of drug-likeness (QED) is 0.780. The summed E-state index contributed by atoms with van der Waals surface area (Å²) < 4.78 is 27.4. The first-order valence-corrected chi connectivity index (χ1v) is 7.40. The van der Waals surface area contributed by atoms with Crippen molar-refractivity contribution in [2.45, 2.75) is 37.3 Å². The molecule has 0 aromatic carbocycles. The molecule has 0 unspecified atom stereocenters. The van der Waals surface area contributed by atoms with Crippen LogP contribution in [0.2, 0.25) is 0 Å². The molecule has 1 atom stereocenters. The largest absolute Gasteiger partial charge is 0.392 e. The van der Waals surface area contributed by atoms with Gasteiger partial charge in [0.1, 0.15) is 4.90 Å². The van der Waals surface area contributed by atoms with E-state index in [4.69, 9.17) is 5.73 Å². The van der Waals surface area contributed by atoms with E-state index >= 15 is 0 Å². The fraction of sp³-hybridized carbons (Fsp3) is 0.700. The van der Waals surface area contributed by atoms with Crippen LogP contribution in [-0.4, -0.2) is 46.8 Å². The Morgan fingerprint density at radius 1 is 1.61 bits per heavy atom. The van der Waals surface area contributed by atoms with Gasteiger partial charge in [-0.25, -0.2) is 8.42 Å². The van der Waals surface area contributed by atoms with E-state index in [2.05, 4.69) is 5.10 Å². The highest BCUT2D eigenvalue weighted by atomic mass is 32.2. The van der Waals surface area contributed by atoms with Gasteiger partial charge in [0.05, 0.1) is 6.10 Å². The summed E-state index contributed by atoms with van der Waals surface area (Å²) >= 11 is 0. The highest BCUT2D eigenvalue weighted by Gasteiger charge is 2.34. The van der Waals surface area contributed by atoms with Gasteiger partial charge in [0.25, 0.3) is 0 Å². The lowest BCUT2D eigenvalue weighted by Gasteiger charge is -2.14. The van der Waals surface area contributed by atoms with Crippen LogP contribution in [-0.2, 0) is 16.6 Å². The Morgan fingerprint density at radius 3 is 2.89 bits per heavy atom. The molecular weight excluding hydrogens is 256 g/mol. The zero-order valence-electron chi connectivity index (χ0n) is 10.3. The molecule has 18 heavy (non-hydrogen) atoms. The van der Waals surface area contributed by atoms with Crippen molar-refractivity contribution in [3.8, 4) is 0 Å². The molecule has 1 saturated heterocycles. The molecule has 1 aliphatic rings. The molecule has 0 radical (unpaired) electrons. The maximum absolute atomic E-state index is 12.3. The van der Waals surface area contributed by atoms with Crippen molar-refractivity contribution in [3.05, 3.63) is 6.20 Å². The number of nitrogen functional groups attached to an aromatic ring is 1. The molecule has 1 aromatic rings. The second kappa shape index (κ2) is 4.87. The number of aliphatic hydroxyl groups excluding tert-OH is 1. The summed E-state index contributed by atoms with van der Waals surface area (Å²) in [6.07, 6.45) is 2.18. The Balaban J connectivity index is 2.29. The summed E-state index contributed by atoms with van der Waals surface area (Å²) in [5.41, 5.74) is 5.66. The van der Waals surface area contributed by atoms with Gasteiger partial charge in [-0.15, -0.1) is 0 Å². The molecule has 1 aromatic heterocycles. The summed E-state index contributed by atoms with van der Waals surface area (Å²) in [5, 5.41) is 13.4. The molecule has 0 spiro atoms. The molecule has 3 N–H and O–H groups in total. The lowest BCUT2D eigenvalue weighted by Crippen LogP contribution is -2.30. The van der Waals surface area contributed by atoms with Gasteiger partial charge in [-0.2, -0.15) is 9.40 Å². The highest BCUT2D eigenvalue weighted by Crippen LogP contribution is 2.24. The van der Waals surface area contributed by atoms with Gasteiger partial charge in [0, 0.05) is 25.8 Å². The number of anilines is 1. The monoisotopic (exact) mass is 274 g/mol. The van der Waals surface area contributed by atoms with Crippen LogP contribution in [0.3, 0.4) is 0 Å². The number of rotatable bonds is 4. The molecular formula is C10H18N4O3S. The summed E-state index contributed by atoms with van der Waals surface area (Å²) in [6, 6.07) is 0. The molecule has 2 rings (SSSR count). The number of aryl methyl sites for hydroxylation is 1. The maximum atomic E-state index is 12.3. The first-order chi connectivity index (χ1) is 8.45. The predicted molar refractivity (Wildman–Crippen MR) is 66.3 cm³/mol. The van der Waals surface area contributed by atoms with Gasteiger partial charge in [0.15, 0.2) is 5.82 Å². The minimum Gasteiger partial charge on any atom is -0.392 e. The number of sulfonamides is 1. The highest BCUT2D eigenvalue weighted by molar-refractivity contribution is 7.89.